The van der Waals surface area contributed by atoms with Crippen LogP contribution in [0.1, 0.15) is 44.0 Å². The molecule has 8 nitrogen and oxygen atoms in total. The first-order valence-electron chi connectivity index (χ1n) is 12.1. The molecule has 0 bridgehead atoms. The lowest BCUT2D eigenvalue weighted by atomic mass is 9.87. The summed E-state index contributed by atoms with van der Waals surface area (Å²) in [5.74, 6) is 0.365. The average Bonchev–Trinajstić information content (AvgIpc) is 2.88. The van der Waals surface area contributed by atoms with Crippen LogP contribution in [-0.4, -0.2) is 40.4 Å². The molecule has 1 aromatic heterocycles. The average molecular weight is 499 g/mol. The van der Waals surface area contributed by atoms with Crippen LogP contribution < -0.4 is 15.4 Å². The van der Waals surface area contributed by atoms with Crippen molar-refractivity contribution in [3.8, 4) is 11.5 Å². The molecule has 1 unspecified atom stereocenters. The van der Waals surface area contributed by atoms with Crippen molar-refractivity contribution in [3.05, 3.63) is 89.8 Å². The van der Waals surface area contributed by atoms with Gasteiger partial charge in [0.25, 0.3) is 0 Å². The molecule has 1 amide bonds. The minimum Gasteiger partial charge on any atom is -0.480 e. The van der Waals surface area contributed by atoms with Crippen LogP contribution in [-0.2, 0) is 15.0 Å². The Balaban J connectivity index is 1.42. The molecule has 0 aliphatic carbocycles. The highest BCUT2D eigenvalue weighted by Gasteiger charge is 2.22. The Hall–Kier alpha value is -4.46. The van der Waals surface area contributed by atoms with E-state index in [2.05, 4.69) is 47.4 Å². The molecule has 4 rings (SSSR count). The van der Waals surface area contributed by atoms with E-state index in [-0.39, 0.29) is 11.3 Å². The molecule has 0 radical (unpaired) electrons. The topological polar surface area (TPSA) is 113 Å². The zero-order valence-corrected chi connectivity index (χ0v) is 21.1. The molecule has 190 valence electrons. The van der Waals surface area contributed by atoms with Crippen LogP contribution >= 0.6 is 0 Å². The van der Waals surface area contributed by atoms with Crippen molar-refractivity contribution in [3.63, 3.8) is 0 Å². The van der Waals surface area contributed by atoms with E-state index in [0.29, 0.717) is 36.0 Å². The molecule has 0 saturated heterocycles. The SMILES string of the molecule is CC(C)(C)c1cccc(NC(=O)/C=C/c2cccc(Oc3ccnc(C4=NC(C(=O)O)CCN4)c3)c2)c1. The van der Waals surface area contributed by atoms with Gasteiger partial charge in [0.1, 0.15) is 23.0 Å². The molecule has 8 heteroatoms. The van der Waals surface area contributed by atoms with Crippen LogP contribution in [0.4, 0.5) is 5.69 Å². The van der Waals surface area contributed by atoms with Crippen LogP contribution in [0.2, 0.25) is 0 Å². The van der Waals surface area contributed by atoms with Crippen LogP contribution in [0, 0.1) is 0 Å². The van der Waals surface area contributed by atoms with Crippen molar-refractivity contribution in [2.24, 2.45) is 4.99 Å². The maximum Gasteiger partial charge on any atom is 0.328 e. The van der Waals surface area contributed by atoms with Crippen molar-refractivity contribution in [1.82, 2.24) is 10.3 Å². The molecule has 37 heavy (non-hydrogen) atoms. The van der Waals surface area contributed by atoms with Crippen LogP contribution in [0.5, 0.6) is 11.5 Å². The van der Waals surface area contributed by atoms with E-state index in [1.54, 1.807) is 24.4 Å². The van der Waals surface area contributed by atoms with Gasteiger partial charge in [-0.2, -0.15) is 0 Å². The number of carbonyl (C=O) groups is 2. The third-order valence-electron chi connectivity index (χ3n) is 5.77. The predicted molar refractivity (Wildman–Crippen MR) is 144 cm³/mol. The molecule has 1 atom stereocenters. The number of pyridine rings is 1. The van der Waals surface area contributed by atoms with Gasteiger partial charge in [-0.05, 0) is 59.4 Å². The molecule has 1 aliphatic heterocycles. The number of nitrogens with one attached hydrogen (secondary N) is 2. The van der Waals surface area contributed by atoms with Crippen LogP contribution in [0.3, 0.4) is 0 Å². The van der Waals surface area contributed by atoms with E-state index in [4.69, 9.17) is 4.74 Å². The Kier molecular flexibility index (Phi) is 7.67. The standard InChI is InChI=1S/C29H30N4O4/c1-29(2,3)20-7-5-8-21(17-20)32-26(34)11-10-19-6-4-9-22(16-19)37-23-12-14-30-25(18-23)27-31-15-13-24(33-27)28(35)36/h4-12,14,16-18,24H,13,15H2,1-3H3,(H,31,33)(H,32,34)(H,35,36)/b11-10+. The van der Waals surface area contributed by atoms with Crippen molar-refractivity contribution >= 4 is 29.5 Å². The van der Waals surface area contributed by atoms with Gasteiger partial charge in [-0.15, -0.1) is 0 Å². The lowest BCUT2D eigenvalue weighted by molar-refractivity contribution is -0.138. The Morgan fingerprint density at radius 3 is 2.65 bits per heavy atom. The number of carboxylic acids is 1. The van der Waals surface area contributed by atoms with Crippen LogP contribution in [0.25, 0.3) is 6.08 Å². The number of ether oxygens (including phenoxy) is 1. The second-order valence-corrected chi connectivity index (χ2v) is 9.75. The molecule has 0 saturated carbocycles. The molecule has 2 aromatic carbocycles. The van der Waals surface area contributed by atoms with Gasteiger partial charge in [-0.3, -0.25) is 14.8 Å². The Labute approximate surface area is 216 Å². The van der Waals surface area contributed by atoms with E-state index in [1.807, 2.05) is 42.5 Å². The molecular weight excluding hydrogens is 468 g/mol. The fourth-order valence-corrected chi connectivity index (χ4v) is 3.77. The van der Waals surface area contributed by atoms with Gasteiger partial charge in [0.05, 0.1) is 0 Å². The van der Waals surface area contributed by atoms with Crippen molar-refractivity contribution in [2.75, 3.05) is 11.9 Å². The first-order valence-corrected chi connectivity index (χ1v) is 12.1. The summed E-state index contributed by atoms with van der Waals surface area (Å²) in [7, 11) is 0. The summed E-state index contributed by atoms with van der Waals surface area (Å²) in [5.41, 5.74) is 3.19. The maximum absolute atomic E-state index is 12.5. The number of hydrogen-bond donors (Lipinski definition) is 3. The van der Waals surface area contributed by atoms with E-state index in [9.17, 15) is 14.7 Å². The number of aliphatic carboxylic acids is 1. The molecular formula is C29H30N4O4. The number of carboxylic acid groups (broad SMARTS) is 1. The van der Waals surface area contributed by atoms with Gasteiger partial charge in [0, 0.05) is 30.6 Å². The number of amides is 1. The van der Waals surface area contributed by atoms with Gasteiger partial charge >= 0.3 is 5.97 Å². The summed E-state index contributed by atoms with van der Waals surface area (Å²) in [6.45, 7) is 6.90. The second kappa shape index (κ2) is 11.1. The maximum atomic E-state index is 12.5. The highest BCUT2D eigenvalue weighted by atomic mass is 16.5. The van der Waals surface area contributed by atoms with Gasteiger partial charge in [-0.25, -0.2) is 4.79 Å². The number of nitrogens with zero attached hydrogens (tertiary/aromatic N) is 2. The number of amidine groups is 1. The first kappa shape index (κ1) is 25.6. The number of carbonyl (C=O) groups excluding carboxylic acids is 1. The molecule has 3 aromatic rings. The highest BCUT2D eigenvalue weighted by molar-refractivity contribution is 6.02. The largest absolute Gasteiger partial charge is 0.480 e. The van der Waals surface area contributed by atoms with E-state index < -0.39 is 12.0 Å². The van der Waals surface area contributed by atoms with E-state index in [1.165, 1.54) is 6.08 Å². The number of benzene rings is 2. The summed E-state index contributed by atoms with van der Waals surface area (Å²) in [6.07, 6.45) is 5.22. The van der Waals surface area contributed by atoms with Gasteiger partial charge in [0.15, 0.2) is 6.04 Å². The summed E-state index contributed by atoms with van der Waals surface area (Å²) in [4.78, 5) is 32.3. The fourth-order valence-electron chi connectivity index (χ4n) is 3.77. The number of aliphatic imine (C=N–C) groups is 1. The molecule has 2 heterocycles. The zero-order chi connectivity index (χ0) is 26.4. The van der Waals surface area contributed by atoms with Gasteiger partial charge < -0.3 is 20.5 Å². The summed E-state index contributed by atoms with van der Waals surface area (Å²) in [6, 6.07) is 17.8. The third kappa shape index (κ3) is 7.04. The van der Waals surface area contributed by atoms with Gasteiger partial charge in [0.2, 0.25) is 5.91 Å². The third-order valence-corrected chi connectivity index (χ3v) is 5.77. The predicted octanol–water partition coefficient (Wildman–Crippen LogP) is 5.02. The molecule has 0 spiro atoms. The minimum atomic E-state index is -0.955. The summed E-state index contributed by atoms with van der Waals surface area (Å²) in [5, 5.41) is 15.3. The van der Waals surface area contributed by atoms with Gasteiger partial charge in [-0.1, -0.05) is 45.0 Å². The first-order chi connectivity index (χ1) is 17.7. The summed E-state index contributed by atoms with van der Waals surface area (Å²) >= 11 is 0. The number of anilines is 1. The van der Waals surface area contributed by atoms with Crippen molar-refractivity contribution < 1.29 is 19.4 Å². The van der Waals surface area contributed by atoms with Crippen molar-refractivity contribution in [2.45, 2.75) is 38.6 Å². The van der Waals surface area contributed by atoms with Crippen molar-refractivity contribution in [1.29, 1.82) is 0 Å². The quantitative estimate of drug-likeness (QED) is 0.395. The smallest absolute Gasteiger partial charge is 0.328 e. The van der Waals surface area contributed by atoms with E-state index >= 15 is 0 Å². The summed E-state index contributed by atoms with van der Waals surface area (Å²) < 4.78 is 6.00. The fraction of sp³-hybridized carbons (Fsp3) is 0.241. The van der Waals surface area contributed by atoms with Crippen LogP contribution in [0.15, 0.2) is 77.9 Å². The Morgan fingerprint density at radius 1 is 1.08 bits per heavy atom. The normalized spacial score (nSPS) is 15.5. The number of rotatable bonds is 7. The van der Waals surface area contributed by atoms with E-state index in [0.717, 1.165) is 16.8 Å². The highest BCUT2D eigenvalue weighted by Crippen LogP contribution is 2.25. The monoisotopic (exact) mass is 498 g/mol. The Bertz CT molecular complexity index is 1360. The lowest BCUT2D eigenvalue weighted by Gasteiger charge is -2.19. The minimum absolute atomic E-state index is 0.00609. The number of hydrogen-bond acceptors (Lipinski definition) is 6. The zero-order valence-electron chi connectivity index (χ0n) is 21.1. The number of aromatic nitrogens is 1. The molecule has 0 fully saturated rings. The second-order valence-electron chi connectivity index (χ2n) is 9.75. The Morgan fingerprint density at radius 2 is 1.86 bits per heavy atom. The lowest BCUT2D eigenvalue weighted by Crippen LogP contribution is -2.37. The molecule has 1 aliphatic rings. The molecule has 3 N–H and O–H groups in total.